The molecule has 1 aliphatic rings. The van der Waals surface area contributed by atoms with Crippen LogP contribution in [0.25, 0.3) is 0 Å². The molecule has 204 valence electrons. The van der Waals surface area contributed by atoms with Crippen LogP contribution in [0, 0.1) is 3.57 Å². The number of ether oxygens (including phenoxy) is 2. The van der Waals surface area contributed by atoms with E-state index in [-0.39, 0.29) is 37.8 Å². The third-order valence-electron chi connectivity index (χ3n) is 6.37. The van der Waals surface area contributed by atoms with Gasteiger partial charge in [0.2, 0.25) is 11.8 Å². The highest BCUT2D eigenvalue weighted by Gasteiger charge is 2.40. The number of hydrogen-bond donors (Lipinski definition) is 3. The number of aliphatic hydroxyl groups is 2. The van der Waals surface area contributed by atoms with Crippen LogP contribution in [0.15, 0.2) is 72.8 Å². The fourth-order valence-corrected chi connectivity index (χ4v) is 4.90. The number of methoxy groups -OCH3 is 1. The molecule has 0 aromatic heterocycles. The van der Waals surface area contributed by atoms with Gasteiger partial charge in [-0.05, 0) is 71.3 Å². The van der Waals surface area contributed by atoms with E-state index in [9.17, 15) is 19.8 Å². The maximum atomic E-state index is 13.4. The second kappa shape index (κ2) is 14.9. The number of aliphatic hydroxyl groups excluding tert-OH is 2. The van der Waals surface area contributed by atoms with Gasteiger partial charge in [-0.25, -0.2) is 0 Å². The summed E-state index contributed by atoms with van der Waals surface area (Å²) in [6.45, 7) is 3.97. The van der Waals surface area contributed by atoms with Crippen LogP contribution < -0.4 is 14.8 Å². The van der Waals surface area contributed by atoms with Crippen LogP contribution in [0.5, 0.6) is 11.5 Å². The Morgan fingerprint density at radius 1 is 1.24 bits per heavy atom. The fourth-order valence-electron chi connectivity index (χ4n) is 4.39. The van der Waals surface area contributed by atoms with E-state index in [0.717, 1.165) is 14.9 Å². The Balaban J connectivity index is 1.92. The maximum Gasteiger partial charge on any atom is 0.247 e. The van der Waals surface area contributed by atoms with E-state index in [1.807, 2.05) is 42.5 Å². The Labute approximate surface area is 237 Å². The molecule has 3 rings (SSSR count). The molecule has 2 aromatic carbocycles. The van der Waals surface area contributed by atoms with Crippen molar-refractivity contribution in [3.05, 3.63) is 82.0 Å². The molecular weight excluding hydrogens is 599 g/mol. The summed E-state index contributed by atoms with van der Waals surface area (Å²) in [4.78, 5) is 28.0. The highest BCUT2D eigenvalue weighted by molar-refractivity contribution is 14.1. The van der Waals surface area contributed by atoms with E-state index >= 15 is 0 Å². The second-order valence-electron chi connectivity index (χ2n) is 8.96. The number of halogens is 1. The lowest BCUT2D eigenvalue weighted by molar-refractivity contribution is -0.138. The smallest absolute Gasteiger partial charge is 0.247 e. The Bertz CT molecular complexity index is 1140. The van der Waals surface area contributed by atoms with Gasteiger partial charge in [0.25, 0.3) is 0 Å². The molecule has 38 heavy (non-hydrogen) atoms. The number of carbonyl (C=O) groups is 2. The molecule has 0 saturated carbocycles. The Kier molecular flexibility index (Phi) is 11.6. The van der Waals surface area contributed by atoms with Crippen molar-refractivity contribution in [3.63, 3.8) is 0 Å². The summed E-state index contributed by atoms with van der Waals surface area (Å²) in [5, 5.41) is 23.4. The van der Waals surface area contributed by atoms with E-state index in [2.05, 4.69) is 34.5 Å². The number of carbonyl (C=O) groups excluding carboxylic acids is 2. The van der Waals surface area contributed by atoms with Gasteiger partial charge in [-0.1, -0.05) is 30.3 Å². The van der Waals surface area contributed by atoms with Crippen LogP contribution in [0.3, 0.4) is 0 Å². The van der Waals surface area contributed by atoms with Crippen LogP contribution >= 0.6 is 22.6 Å². The van der Waals surface area contributed by atoms with Gasteiger partial charge in [-0.15, -0.1) is 6.58 Å². The first-order chi connectivity index (χ1) is 18.4. The quantitative estimate of drug-likeness (QED) is 0.231. The number of benzene rings is 2. The molecule has 0 fully saturated rings. The van der Waals surface area contributed by atoms with Crippen molar-refractivity contribution in [1.82, 2.24) is 10.2 Å². The SMILES string of the molecule is C=CCCC(=O)N(CCc1cccc(OC)c1)[C@@H]1CC(C(=O)NCCO)=C[C@H](Oc2ccccc2I)[C@H]1O. The van der Waals surface area contributed by atoms with Gasteiger partial charge in [-0.2, -0.15) is 0 Å². The second-order valence-corrected chi connectivity index (χ2v) is 10.1. The van der Waals surface area contributed by atoms with E-state index in [1.54, 1.807) is 30.2 Å². The largest absolute Gasteiger partial charge is 0.497 e. The molecule has 0 unspecified atom stereocenters. The summed E-state index contributed by atoms with van der Waals surface area (Å²) in [5.74, 6) is 0.798. The molecular formula is C29H35IN2O6. The normalized spacial score (nSPS) is 18.7. The zero-order valence-electron chi connectivity index (χ0n) is 21.5. The van der Waals surface area contributed by atoms with Crippen LogP contribution in [-0.2, 0) is 16.0 Å². The number of nitrogens with one attached hydrogen (secondary N) is 1. The molecule has 0 spiro atoms. The topological polar surface area (TPSA) is 108 Å². The molecule has 0 bridgehead atoms. The summed E-state index contributed by atoms with van der Waals surface area (Å²) in [6.07, 6.45) is 2.81. The average molecular weight is 635 g/mol. The predicted molar refractivity (Wildman–Crippen MR) is 154 cm³/mol. The molecule has 0 aliphatic heterocycles. The van der Waals surface area contributed by atoms with E-state index < -0.39 is 18.2 Å². The van der Waals surface area contributed by atoms with Gasteiger partial charge in [0.15, 0.2) is 0 Å². The van der Waals surface area contributed by atoms with Gasteiger partial charge in [0, 0.05) is 31.5 Å². The lowest BCUT2D eigenvalue weighted by atomic mass is 9.87. The zero-order chi connectivity index (χ0) is 27.5. The minimum absolute atomic E-state index is 0.101. The summed E-state index contributed by atoms with van der Waals surface area (Å²) < 4.78 is 12.4. The van der Waals surface area contributed by atoms with Gasteiger partial charge < -0.3 is 29.9 Å². The third-order valence-corrected chi connectivity index (χ3v) is 7.26. The fraction of sp³-hybridized carbons (Fsp3) is 0.379. The van der Waals surface area contributed by atoms with E-state index in [0.29, 0.717) is 30.7 Å². The van der Waals surface area contributed by atoms with Crippen molar-refractivity contribution in [1.29, 1.82) is 0 Å². The van der Waals surface area contributed by atoms with Crippen LogP contribution in [0.1, 0.15) is 24.8 Å². The van der Waals surface area contributed by atoms with Crippen molar-refractivity contribution in [2.45, 2.75) is 43.9 Å². The summed E-state index contributed by atoms with van der Waals surface area (Å²) in [5.41, 5.74) is 1.38. The molecule has 3 N–H and O–H groups in total. The molecule has 9 heteroatoms. The lowest BCUT2D eigenvalue weighted by Crippen LogP contribution is -2.55. The highest BCUT2D eigenvalue weighted by Crippen LogP contribution is 2.30. The first kappa shape index (κ1) is 29.7. The minimum atomic E-state index is -1.07. The molecule has 2 aromatic rings. The van der Waals surface area contributed by atoms with Crippen LogP contribution in [0.2, 0.25) is 0 Å². The highest BCUT2D eigenvalue weighted by atomic mass is 127. The van der Waals surface area contributed by atoms with Gasteiger partial charge in [-0.3, -0.25) is 9.59 Å². The van der Waals surface area contributed by atoms with Crippen molar-refractivity contribution < 1.29 is 29.3 Å². The lowest BCUT2D eigenvalue weighted by Gasteiger charge is -2.40. The first-order valence-corrected chi connectivity index (χ1v) is 13.7. The van der Waals surface area contributed by atoms with Crippen molar-refractivity contribution >= 4 is 34.4 Å². The Morgan fingerprint density at radius 3 is 2.74 bits per heavy atom. The van der Waals surface area contributed by atoms with Gasteiger partial charge in [0.1, 0.15) is 23.7 Å². The van der Waals surface area contributed by atoms with E-state index in [4.69, 9.17) is 9.47 Å². The van der Waals surface area contributed by atoms with Crippen molar-refractivity contribution in [3.8, 4) is 11.5 Å². The zero-order valence-corrected chi connectivity index (χ0v) is 23.7. The molecule has 1 aliphatic carbocycles. The van der Waals surface area contributed by atoms with Crippen LogP contribution in [0.4, 0.5) is 0 Å². The molecule has 3 atom stereocenters. The Hall–Kier alpha value is -2.89. The standard InChI is InChI=1S/C29H35IN2O6/c1-3-4-12-27(34)32(15-13-20-8-7-9-22(17-20)37-2)24-18-21(29(36)31-14-16-33)19-26(28(24)35)38-25-11-6-5-10-23(25)30/h3,5-11,17,19,24,26,28,33,35H,1,4,12-16,18H2,2H3,(H,31,36)/t24-,26+,28+/m1/s1. The Morgan fingerprint density at radius 2 is 2.03 bits per heavy atom. The summed E-state index contributed by atoms with van der Waals surface area (Å²) in [7, 11) is 1.60. The number of para-hydroxylation sites is 1. The number of amides is 2. The molecule has 8 nitrogen and oxygen atoms in total. The number of allylic oxidation sites excluding steroid dienone is 1. The average Bonchev–Trinajstić information content (AvgIpc) is 2.93. The number of hydrogen-bond acceptors (Lipinski definition) is 6. The van der Waals surface area contributed by atoms with Crippen molar-refractivity contribution in [2.75, 3.05) is 26.8 Å². The minimum Gasteiger partial charge on any atom is -0.497 e. The summed E-state index contributed by atoms with van der Waals surface area (Å²) >= 11 is 2.15. The number of rotatable bonds is 13. The van der Waals surface area contributed by atoms with Gasteiger partial charge >= 0.3 is 0 Å². The number of nitrogens with zero attached hydrogens (tertiary/aromatic N) is 1. The first-order valence-electron chi connectivity index (χ1n) is 12.6. The van der Waals surface area contributed by atoms with Gasteiger partial charge in [0.05, 0.1) is 23.3 Å². The van der Waals surface area contributed by atoms with Crippen LogP contribution in [-0.4, -0.2) is 72.0 Å². The summed E-state index contributed by atoms with van der Waals surface area (Å²) in [6, 6.07) is 14.3. The molecule has 2 amide bonds. The molecule has 0 heterocycles. The molecule has 0 saturated heterocycles. The monoisotopic (exact) mass is 634 g/mol. The maximum absolute atomic E-state index is 13.4. The predicted octanol–water partition coefficient (Wildman–Crippen LogP) is 3.25. The molecule has 0 radical (unpaired) electrons. The van der Waals surface area contributed by atoms with E-state index in [1.165, 1.54) is 0 Å². The van der Waals surface area contributed by atoms with Crippen molar-refractivity contribution in [2.24, 2.45) is 0 Å². The third kappa shape index (κ3) is 8.05.